The van der Waals surface area contributed by atoms with Gasteiger partial charge in [0, 0.05) is 12.6 Å². The van der Waals surface area contributed by atoms with Crippen LogP contribution < -0.4 is 5.32 Å². The number of hydrogen-bond donors (Lipinski definition) is 2. The van der Waals surface area contributed by atoms with Crippen LogP contribution in [-0.4, -0.2) is 47.7 Å². The van der Waals surface area contributed by atoms with Gasteiger partial charge in [-0.05, 0) is 57.5 Å². The summed E-state index contributed by atoms with van der Waals surface area (Å²) in [5.74, 6) is 0.379. The van der Waals surface area contributed by atoms with Crippen LogP contribution in [0.5, 0.6) is 0 Å². The van der Waals surface area contributed by atoms with Gasteiger partial charge in [-0.3, -0.25) is 10.1 Å². The van der Waals surface area contributed by atoms with Gasteiger partial charge in [0.1, 0.15) is 5.54 Å². The van der Waals surface area contributed by atoms with E-state index in [1.807, 2.05) is 0 Å². The molecule has 0 aromatic heterocycles. The minimum Gasteiger partial charge on any atom is -0.480 e. The summed E-state index contributed by atoms with van der Waals surface area (Å²) in [6, 6.07) is 0.458. The highest BCUT2D eigenvalue weighted by molar-refractivity contribution is 5.80. The number of nitrogens with one attached hydrogen (secondary N) is 1. The molecule has 0 aliphatic heterocycles. The second kappa shape index (κ2) is 7.10. The van der Waals surface area contributed by atoms with Gasteiger partial charge in [0.25, 0.3) is 0 Å². The summed E-state index contributed by atoms with van der Waals surface area (Å²) < 4.78 is 0. The van der Waals surface area contributed by atoms with Gasteiger partial charge in [0.15, 0.2) is 0 Å². The van der Waals surface area contributed by atoms with E-state index >= 15 is 0 Å². The summed E-state index contributed by atoms with van der Waals surface area (Å²) >= 11 is 0. The summed E-state index contributed by atoms with van der Waals surface area (Å²) in [5.41, 5.74) is -0.640. The normalized spacial score (nSPS) is 30.8. The first-order valence-corrected chi connectivity index (χ1v) is 8.67. The van der Waals surface area contributed by atoms with E-state index in [0.29, 0.717) is 12.0 Å². The Morgan fingerprint density at radius 3 is 2.71 bits per heavy atom. The fourth-order valence-electron chi connectivity index (χ4n) is 3.72. The Labute approximate surface area is 129 Å². The van der Waals surface area contributed by atoms with Crippen molar-refractivity contribution in [1.82, 2.24) is 10.2 Å². The van der Waals surface area contributed by atoms with Gasteiger partial charge in [0.2, 0.25) is 0 Å². The molecule has 0 bridgehead atoms. The predicted octanol–water partition coefficient (Wildman–Crippen LogP) is 2.73. The van der Waals surface area contributed by atoms with Crippen molar-refractivity contribution in [2.75, 3.05) is 20.1 Å². The molecule has 21 heavy (non-hydrogen) atoms. The van der Waals surface area contributed by atoms with E-state index in [1.165, 1.54) is 6.42 Å². The van der Waals surface area contributed by atoms with Crippen LogP contribution in [0.15, 0.2) is 0 Å². The summed E-state index contributed by atoms with van der Waals surface area (Å²) in [6.07, 6.45) is 7.41. The molecule has 0 aromatic carbocycles. The van der Waals surface area contributed by atoms with Crippen LogP contribution in [0.3, 0.4) is 0 Å². The van der Waals surface area contributed by atoms with Crippen molar-refractivity contribution in [3.8, 4) is 0 Å². The summed E-state index contributed by atoms with van der Waals surface area (Å²) in [5, 5.41) is 13.3. The Kier molecular flexibility index (Phi) is 5.67. The van der Waals surface area contributed by atoms with Gasteiger partial charge in [-0.1, -0.05) is 26.7 Å². The molecule has 3 atom stereocenters. The molecular weight excluding hydrogens is 264 g/mol. The maximum atomic E-state index is 11.9. The fourth-order valence-corrected chi connectivity index (χ4v) is 3.72. The first-order valence-electron chi connectivity index (χ1n) is 8.67. The van der Waals surface area contributed by atoms with E-state index in [0.717, 1.165) is 51.6 Å². The van der Waals surface area contributed by atoms with Gasteiger partial charge >= 0.3 is 5.97 Å². The molecule has 2 fully saturated rings. The van der Waals surface area contributed by atoms with Crippen LogP contribution in [0, 0.1) is 11.8 Å². The molecule has 122 valence electrons. The summed E-state index contributed by atoms with van der Waals surface area (Å²) in [4.78, 5) is 14.3. The van der Waals surface area contributed by atoms with Gasteiger partial charge < -0.3 is 10.0 Å². The van der Waals surface area contributed by atoms with Crippen molar-refractivity contribution in [2.24, 2.45) is 11.8 Å². The molecule has 2 aliphatic carbocycles. The Bertz CT molecular complexity index is 357. The second-order valence-corrected chi connectivity index (χ2v) is 7.35. The SMILES string of the molecule is CCC(C)CN(C)CCC1CCCC1(NC1CC1)C(=O)O. The zero-order valence-corrected chi connectivity index (χ0v) is 13.9. The number of carboxylic acids is 1. The third-order valence-corrected chi connectivity index (χ3v) is 5.42. The highest BCUT2D eigenvalue weighted by Gasteiger charge is 2.51. The molecule has 2 aliphatic rings. The monoisotopic (exact) mass is 296 g/mol. The molecule has 0 radical (unpaired) electrons. The van der Waals surface area contributed by atoms with Gasteiger partial charge in [0.05, 0.1) is 0 Å². The molecule has 0 saturated heterocycles. The first kappa shape index (κ1) is 16.8. The highest BCUT2D eigenvalue weighted by atomic mass is 16.4. The maximum absolute atomic E-state index is 11.9. The number of rotatable bonds is 9. The van der Waals surface area contributed by atoms with Crippen molar-refractivity contribution < 1.29 is 9.90 Å². The Morgan fingerprint density at radius 1 is 1.43 bits per heavy atom. The number of aliphatic carboxylic acids is 1. The van der Waals surface area contributed by atoms with Crippen LogP contribution in [0.4, 0.5) is 0 Å². The predicted molar refractivity (Wildman–Crippen MR) is 85.4 cm³/mol. The van der Waals surface area contributed by atoms with Crippen LogP contribution >= 0.6 is 0 Å². The van der Waals surface area contributed by atoms with Crippen LogP contribution in [0.1, 0.15) is 58.8 Å². The van der Waals surface area contributed by atoms with Crippen molar-refractivity contribution in [2.45, 2.75) is 70.4 Å². The average Bonchev–Trinajstić information content (AvgIpc) is 3.15. The zero-order valence-electron chi connectivity index (χ0n) is 13.9. The number of carboxylic acid groups (broad SMARTS) is 1. The standard InChI is InChI=1S/C17H32N2O2/c1-4-13(2)12-19(3)11-9-14-6-5-10-17(14,16(20)21)18-15-7-8-15/h13-15,18H,4-12H2,1-3H3,(H,20,21). The molecule has 2 saturated carbocycles. The van der Waals surface area contributed by atoms with Crippen molar-refractivity contribution >= 4 is 5.97 Å². The Balaban J connectivity index is 1.89. The Morgan fingerprint density at radius 2 is 2.14 bits per heavy atom. The largest absolute Gasteiger partial charge is 0.480 e. The van der Waals surface area contributed by atoms with E-state index in [1.54, 1.807) is 0 Å². The van der Waals surface area contributed by atoms with Crippen molar-refractivity contribution in [3.63, 3.8) is 0 Å². The second-order valence-electron chi connectivity index (χ2n) is 7.35. The fraction of sp³-hybridized carbons (Fsp3) is 0.941. The van der Waals surface area contributed by atoms with Crippen LogP contribution in [-0.2, 0) is 4.79 Å². The van der Waals surface area contributed by atoms with E-state index < -0.39 is 11.5 Å². The maximum Gasteiger partial charge on any atom is 0.324 e. The van der Waals surface area contributed by atoms with E-state index in [4.69, 9.17) is 0 Å². The van der Waals surface area contributed by atoms with Crippen molar-refractivity contribution in [3.05, 3.63) is 0 Å². The summed E-state index contributed by atoms with van der Waals surface area (Å²) in [7, 11) is 2.16. The molecule has 0 spiro atoms. The smallest absolute Gasteiger partial charge is 0.324 e. The average molecular weight is 296 g/mol. The third-order valence-electron chi connectivity index (χ3n) is 5.42. The lowest BCUT2D eigenvalue weighted by molar-refractivity contribution is -0.147. The van der Waals surface area contributed by atoms with Crippen molar-refractivity contribution in [1.29, 1.82) is 0 Å². The van der Waals surface area contributed by atoms with E-state index in [2.05, 4.69) is 31.1 Å². The molecule has 0 amide bonds. The molecule has 2 rings (SSSR count). The minimum absolute atomic E-state index is 0.287. The van der Waals surface area contributed by atoms with Crippen LogP contribution in [0.2, 0.25) is 0 Å². The van der Waals surface area contributed by atoms with Crippen LogP contribution in [0.25, 0.3) is 0 Å². The lowest BCUT2D eigenvalue weighted by atomic mass is 9.84. The molecule has 3 unspecified atom stereocenters. The molecule has 4 heteroatoms. The van der Waals surface area contributed by atoms with Gasteiger partial charge in [-0.25, -0.2) is 0 Å². The molecule has 2 N–H and O–H groups in total. The van der Waals surface area contributed by atoms with E-state index in [9.17, 15) is 9.90 Å². The first-order chi connectivity index (χ1) is 9.98. The number of nitrogens with zero attached hydrogens (tertiary/aromatic N) is 1. The molecular formula is C17H32N2O2. The minimum atomic E-state index is -0.640. The molecule has 0 heterocycles. The quantitative estimate of drug-likeness (QED) is 0.687. The van der Waals surface area contributed by atoms with Gasteiger partial charge in [-0.2, -0.15) is 0 Å². The van der Waals surface area contributed by atoms with E-state index in [-0.39, 0.29) is 5.92 Å². The zero-order chi connectivity index (χ0) is 15.5. The third kappa shape index (κ3) is 4.19. The topological polar surface area (TPSA) is 52.6 Å². The highest BCUT2D eigenvalue weighted by Crippen LogP contribution is 2.40. The molecule has 0 aromatic rings. The lowest BCUT2D eigenvalue weighted by Crippen LogP contribution is -2.56. The molecule has 4 nitrogen and oxygen atoms in total. The Hall–Kier alpha value is -0.610. The van der Waals surface area contributed by atoms with Gasteiger partial charge in [-0.15, -0.1) is 0 Å². The summed E-state index contributed by atoms with van der Waals surface area (Å²) in [6.45, 7) is 6.63. The number of hydrogen-bond acceptors (Lipinski definition) is 3. The number of carbonyl (C=O) groups is 1. The lowest BCUT2D eigenvalue weighted by Gasteiger charge is -2.34.